The Labute approximate surface area is 151 Å². The fraction of sp³-hybridized carbons (Fsp3) is 0.316. The van der Waals surface area contributed by atoms with Crippen LogP contribution in [0.2, 0.25) is 0 Å². The quantitative estimate of drug-likeness (QED) is 0.477. The van der Waals surface area contributed by atoms with Crippen molar-refractivity contribution in [3.8, 4) is 11.1 Å². The number of ether oxygens (including phenoxy) is 1. The predicted octanol–water partition coefficient (Wildman–Crippen LogP) is 2.80. The zero-order chi connectivity index (χ0) is 18.7. The van der Waals surface area contributed by atoms with E-state index in [1.165, 1.54) is 7.11 Å². The fourth-order valence-electron chi connectivity index (χ4n) is 3.08. The van der Waals surface area contributed by atoms with Crippen LogP contribution in [-0.4, -0.2) is 56.1 Å². The van der Waals surface area contributed by atoms with Gasteiger partial charge in [-0.05, 0) is 36.4 Å². The first-order chi connectivity index (χ1) is 12.5. The molecule has 0 saturated carbocycles. The third-order valence-electron chi connectivity index (χ3n) is 4.66. The number of hydrogen-bond donors (Lipinski definition) is 0. The number of anilines is 1. The van der Waals surface area contributed by atoms with Crippen LogP contribution in [0.5, 0.6) is 0 Å². The number of nitrogens with zero attached hydrogens (tertiary/aromatic N) is 3. The van der Waals surface area contributed by atoms with E-state index in [2.05, 4.69) is 14.5 Å². The Balaban J connectivity index is 1.91. The lowest BCUT2D eigenvalue weighted by molar-refractivity contribution is -0.384. The van der Waals surface area contributed by atoms with Crippen LogP contribution >= 0.6 is 0 Å². The summed E-state index contributed by atoms with van der Waals surface area (Å²) >= 11 is 0. The molecule has 2 aromatic carbocycles. The Morgan fingerprint density at radius 1 is 1.04 bits per heavy atom. The molecule has 1 aliphatic rings. The lowest BCUT2D eigenvalue weighted by atomic mass is 10.0. The molecule has 0 amide bonds. The third-order valence-corrected chi connectivity index (χ3v) is 4.66. The molecule has 0 radical (unpaired) electrons. The number of rotatable bonds is 4. The molecule has 136 valence electrons. The molecule has 1 saturated heterocycles. The van der Waals surface area contributed by atoms with Gasteiger partial charge in [0.2, 0.25) is 0 Å². The molecule has 1 heterocycles. The van der Waals surface area contributed by atoms with Crippen LogP contribution in [0.15, 0.2) is 42.5 Å². The molecule has 1 fully saturated rings. The number of esters is 1. The van der Waals surface area contributed by atoms with Crippen molar-refractivity contribution in [1.29, 1.82) is 0 Å². The minimum atomic E-state index is -0.409. The van der Waals surface area contributed by atoms with Crippen LogP contribution < -0.4 is 4.90 Å². The van der Waals surface area contributed by atoms with E-state index in [-0.39, 0.29) is 10.6 Å². The number of nitro groups is 1. The largest absolute Gasteiger partial charge is 0.465 e. The van der Waals surface area contributed by atoms with Gasteiger partial charge in [-0.2, -0.15) is 0 Å². The second-order valence-electron chi connectivity index (χ2n) is 6.32. The standard InChI is InChI=1S/C19H21N3O4/c1-20-9-11-21(12-10-20)17-8-7-16(13-18(17)22(24)25)14-3-5-15(6-4-14)19(23)26-2/h3-8,13H,9-12H2,1-2H3. The average molecular weight is 355 g/mol. The molecule has 0 bridgehead atoms. The van der Waals surface area contributed by atoms with Crippen LogP contribution in [0.1, 0.15) is 10.4 Å². The van der Waals surface area contributed by atoms with Gasteiger partial charge in [-0.1, -0.05) is 18.2 Å². The number of likely N-dealkylation sites (N-methyl/N-ethyl adjacent to an activating group) is 1. The first kappa shape index (κ1) is 17.9. The van der Waals surface area contributed by atoms with Gasteiger partial charge in [-0.25, -0.2) is 4.79 Å². The van der Waals surface area contributed by atoms with Gasteiger partial charge in [0.15, 0.2) is 0 Å². The molecule has 1 aliphatic heterocycles. The highest BCUT2D eigenvalue weighted by Crippen LogP contribution is 2.33. The number of hydrogen-bond acceptors (Lipinski definition) is 6. The van der Waals surface area contributed by atoms with Gasteiger partial charge in [-0.15, -0.1) is 0 Å². The average Bonchev–Trinajstić information content (AvgIpc) is 2.67. The first-order valence-corrected chi connectivity index (χ1v) is 8.40. The van der Waals surface area contributed by atoms with E-state index in [4.69, 9.17) is 0 Å². The van der Waals surface area contributed by atoms with Crippen molar-refractivity contribution in [2.75, 3.05) is 45.2 Å². The van der Waals surface area contributed by atoms with E-state index in [9.17, 15) is 14.9 Å². The van der Waals surface area contributed by atoms with Gasteiger partial charge in [-0.3, -0.25) is 10.1 Å². The minimum absolute atomic E-state index is 0.101. The van der Waals surface area contributed by atoms with Crippen molar-refractivity contribution in [3.05, 3.63) is 58.1 Å². The number of carbonyl (C=O) groups excluding carboxylic acids is 1. The topological polar surface area (TPSA) is 75.9 Å². The van der Waals surface area contributed by atoms with Gasteiger partial charge in [0.25, 0.3) is 5.69 Å². The summed E-state index contributed by atoms with van der Waals surface area (Å²) < 4.78 is 4.69. The van der Waals surface area contributed by atoms with Crippen molar-refractivity contribution >= 4 is 17.3 Å². The summed E-state index contributed by atoms with van der Waals surface area (Å²) in [6.07, 6.45) is 0. The number of piperazine rings is 1. The molecule has 7 heteroatoms. The predicted molar refractivity (Wildman–Crippen MR) is 99.6 cm³/mol. The Bertz CT molecular complexity index is 812. The minimum Gasteiger partial charge on any atom is -0.465 e. The molecule has 0 atom stereocenters. The zero-order valence-electron chi connectivity index (χ0n) is 14.8. The Morgan fingerprint density at radius 2 is 1.65 bits per heavy atom. The monoisotopic (exact) mass is 355 g/mol. The lowest BCUT2D eigenvalue weighted by Crippen LogP contribution is -2.44. The van der Waals surface area contributed by atoms with E-state index >= 15 is 0 Å². The summed E-state index contributed by atoms with van der Waals surface area (Å²) in [7, 11) is 3.38. The summed E-state index contributed by atoms with van der Waals surface area (Å²) in [6.45, 7) is 3.30. The third kappa shape index (κ3) is 3.67. The first-order valence-electron chi connectivity index (χ1n) is 8.40. The second-order valence-corrected chi connectivity index (χ2v) is 6.32. The number of nitro benzene ring substituents is 1. The van der Waals surface area contributed by atoms with E-state index in [0.29, 0.717) is 11.3 Å². The van der Waals surface area contributed by atoms with Crippen LogP contribution in [0.4, 0.5) is 11.4 Å². The van der Waals surface area contributed by atoms with E-state index in [1.807, 2.05) is 19.2 Å². The van der Waals surface area contributed by atoms with Crippen LogP contribution in [0.25, 0.3) is 11.1 Å². The van der Waals surface area contributed by atoms with E-state index < -0.39 is 5.97 Å². The molecule has 0 aromatic heterocycles. The number of benzene rings is 2. The summed E-state index contributed by atoms with van der Waals surface area (Å²) in [5.41, 5.74) is 2.75. The molecule has 0 N–H and O–H groups in total. The van der Waals surface area contributed by atoms with Crippen molar-refractivity contribution in [2.24, 2.45) is 0 Å². The van der Waals surface area contributed by atoms with E-state index in [1.54, 1.807) is 30.3 Å². The SMILES string of the molecule is COC(=O)c1ccc(-c2ccc(N3CCN(C)CC3)c([N+](=O)[O-])c2)cc1. The molecule has 0 spiro atoms. The molecule has 3 rings (SSSR count). The highest BCUT2D eigenvalue weighted by molar-refractivity contribution is 5.90. The van der Waals surface area contributed by atoms with Gasteiger partial charge < -0.3 is 14.5 Å². The van der Waals surface area contributed by atoms with Gasteiger partial charge >= 0.3 is 5.97 Å². The fourth-order valence-corrected chi connectivity index (χ4v) is 3.08. The molecule has 0 aliphatic carbocycles. The van der Waals surface area contributed by atoms with Crippen LogP contribution in [0.3, 0.4) is 0 Å². The van der Waals surface area contributed by atoms with E-state index in [0.717, 1.165) is 37.3 Å². The van der Waals surface area contributed by atoms with Gasteiger partial charge in [0.1, 0.15) is 5.69 Å². The summed E-state index contributed by atoms with van der Waals surface area (Å²) in [5.74, 6) is -0.409. The number of carbonyl (C=O) groups is 1. The summed E-state index contributed by atoms with van der Waals surface area (Å²) in [5, 5.41) is 11.6. The Hall–Kier alpha value is -2.93. The maximum Gasteiger partial charge on any atom is 0.337 e. The number of methoxy groups -OCH3 is 1. The van der Waals surface area contributed by atoms with Crippen LogP contribution in [-0.2, 0) is 4.74 Å². The lowest BCUT2D eigenvalue weighted by Gasteiger charge is -2.33. The van der Waals surface area contributed by atoms with Crippen molar-refractivity contribution in [2.45, 2.75) is 0 Å². The van der Waals surface area contributed by atoms with Crippen molar-refractivity contribution < 1.29 is 14.5 Å². The molecule has 2 aromatic rings. The maximum absolute atomic E-state index is 11.6. The zero-order valence-corrected chi connectivity index (χ0v) is 14.8. The van der Waals surface area contributed by atoms with Crippen molar-refractivity contribution in [3.63, 3.8) is 0 Å². The Kier molecular flexibility index (Phi) is 5.18. The molecular weight excluding hydrogens is 334 g/mol. The molecule has 0 unspecified atom stereocenters. The molecular formula is C19H21N3O4. The second kappa shape index (κ2) is 7.53. The summed E-state index contributed by atoms with van der Waals surface area (Å²) in [4.78, 5) is 27.1. The van der Waals surface area contributed by atoms with Crippen LogP contribution in [0, 0.1) is 10.1 Å². The normalized spacial score (nSPS) is 14.9. The Morgan fingerprint density at radius 3 is 2.23 bits per heavy atom. The van der Waals surface area contributed by atoms with Gasteiger partial charge in [0, 0.05) is 32.2 Å². The summed E-state index contributed by atoms with van der Waals surface area (Å²) in [6, 6.07) is 12.1. The highest BCUT2D eigenvalue weighted by atomic mass is 16.6. The smallest absolute Gasteiger partial charge is 0.337 e. The van der Waals surface area contributed by atoms with Crippen molar-refractivity contribution in [1.82, 2.24) is 4.90 Å². The molecule has 26 heavy (non-hydrogen) atoms. The molecule has 7 nitrogen and oxygen atoms in total. The van der Waals surface area contributed by atoms with Gasteiger partial charge in [0.05, 0.1) is 17.6 Å². The highest BCUT2D eigenvalue weighted by Gasteiger charge is 2.23. The maximum atomic E-state index is 11.6.